The Bertz CT molecular complexity index is 1540. The molecule has 2 bridgehead atoms. The van der Waals surface area contributed by atoms with Gasteiger partial charge in [0.1, 0.15) is 11.8 Å². The number of hydrogen-bond donors (Lipinski definition) is 1. The second-order valence-electron chi connectivity index (χ2n) is 15.2. The van der Waals surface area contributed by atoms with Crippen LogP contribution in [0.15, 0.2) is 60.7 Å². The molecule has 2 saturated heterocycles. The number of carbonyl (C=O) groups excluding carboxylic acids is 4. The average molecular weight is 597 g/mol. The SMILES string of the molecule is COC(=O)C1NC(c2ccccc2)C23C(=O)CCC24CC(C2C5C(=O)N(c6ccccc6)C(=O)C5C2C13)C([Si](C)(C)C)C4. The lowest BCUT2D eigenvalue weighted by atomic mass is 9.44. The highest BCUT2D eigenvalue weighted by molar-refractivity contribution is 6.77. The third-order valence-corrected chi connectivity index (χ3v) is 15.8. The Labute approximate surface area is 253 Å². The molecule has 6 fully saturated rings. The fourth-order valence-corrected chi connectivity index (χ4v) is 14.3. The highest BCUT2D eigenvalue weighted by Gasteiger charge is 2.83. The molecule has 2 spiro atoms. The molecule has 8 rings (SSSR count). The summed E-state index contributed by atoms with van der Waals surface area (Å²) in [6, 6.07) is 18.3. The largest absolute Gasteiger partial charge is 0.468 e. The molecule has 8 heteroatoms. The van der Waals surface area contributed by atoms with Crippen molar-refractivity contribution < 1.29 is 23.9 Å². The van der Waals surface area contributed by atoms with Crippen molar-refractivity contribution in [1.82, 2.24) is 5.32 Å². The Kier molecular flexibility index (Phi) is 5.73. The second kappa shape index (κ2) is 8.97. The highest BCUT2D eigenvalue weighted by Crippen LogP contribution is 2.81. The zero-order chi connectivity index (χ0) is 30.1. The van der Waals surface area contributed by atoms with Gasteiger partial charge in [-0.2, -0.15) is 0 Å². The van der Waals surface area contributed by atoms with Crippen LogP contribution in [0.25, 0.3) is 0 Å². The highest BCUT2D eigenvalue weighted by atomic mass is 28.3. The van der Waals surface area contributed by atoms with Gasteiger partial charge in [0.2, 0.25) is 11.8 Å². The van der Waals surface area contributed by atoms with Crippen LogP contribution >= 0.6 is 0 Å². The maximum Gasteiger partial charge on any atom is 0.323 e. The molecule has 11 unspecified atom stereocenters. The third kappa shape index (κ3) is 3.24. The summed E-state index contributed by atoms with van der Waals surface area (Å²) in [4.78, 5) is 58.6. The number of hydrogen-bond acceptors (Lipinski definition) is 6. The van der Waals surface area contributed by atoms with E-state index in [0.717, 1.165) is 24.8 Å². The number of amides is 2. The maximum absolute atomic E-state index is 14.8. The summed E-state index contributed by atoms with van der Waals surface area (Å²) in [6.07, 6.45) is 3.15. The number of carbonyl (C=O) groups is 4. The van der Waals surface area contributed by atoms with E-state index in [2.05, 4.69) is 37.1 Å². The fraction of sp³-hybridized carbons (Fsp3) is 0.543. The number of benzene rings is 2. The summed E-state index contributed by atoms with van der Waals surface area (Å²) in [5.41, 5.74) is 0.931. The van der Waals surface area contributed by atoms with Gasteiger partial charge in [-0.1, -0.05) is 68.2 Å². The van der Waals surface area contributed by atoms with Crippen LogP contribution in [0.2, 0.25) is 25.2 Å². The maximum atomic E-state index is 14.8. The number of ketones is 1. The van der Waals surface area contributed by atoms with Gasteiger partial charge in [-0.05, 0) is 65.7 Å². The summed E-state index contributed by atoms with van der Waals surface area (Å²) in [6.45, 7) is 7.27. The molecule has 11 atom stereocenters. The van der Waals surface area contributed by atoms with Gasteiger partial charge >= 0.3 is 5.97 Å². The van der Waals surface area contributed by atoms with Gasteiger partial charge in [0, 0.05) is 26.5 Å². The van der Waals surface area contributed by atoms with Crippen molar-refractivity contribution >= 4 is 37.3 Å². The van der Waals surface area contributed by atoms with Crippen molar-refractivity contribution in [3.63, 3.8) is 0 Å². The van der Waals surface area contributed by atoms with Gasteiger partial charge in [0.05, 0.1) is 30.0 Å². The molecule has 2 aliphatic heterocycles. The number of nitrogens with one attached hydrogen (secondary N) is 1. The Morgan fingerprint density at radius 3 is 2.16 bits per heavy atom. The van der Waals surface area contributed by atoms with Gasteiger partial charge < -0.3 is 4.74 Å². The van der Waals surface area contributed by atoms with Gasteiger partial charge in [0.25, 0.3) is 0 Å². The van der Waals surface area contributed by atoms with Crippen LogP contribution in [0.4, 0.5) is 5.69 Å². The monoisotopic (exact) mass is 596 g/mol. The summed E-state index contributed by atoms with van der Waals surface area (Å²) in [5.74, 6) is -1.80. The number of rotatable bonds is 4. The Balaban J connectivity index is 1.37. The number of esters is 1. The van der Waals surface area contributed by atoms with E-state index < -0.39 is 37.3 Å². The van der Waals surface area contributed by atoms with E-state index in [0.29, 0.717) is 17.6 Å². The van der Waals surface area contributed by atoms with Crippen LogP contribution in [0.1, 0.15) is 37.3 Å². The Morgan fingerprint density at radius 1 is 0.907 bits per heavy atom. The lowest BCUT2D eigenvalue weighted by Crippen LogP contribution is -2.62. The van der Waals surface area contributed by atoms with Crippen molar-refractivity contribution in [3.05, 3.63) is 66.2 Å². The summed E-state index contributed by atoms with van der Waals surface area (Å²) in [7, 11) is -0.340. The Hall–Kier alpha value is -3.10. The molecule has 4 saturated carbocycles. The lowest BCUT2D eigenvalue weighted by molar-refractivity contribution is -0.164. The molecule has 43 heavy (non-hydrogen) atoms. The van der Waals surface area contributed by atoms with Crippen LogP contribution in [0.3, 0.4) is 0 Å². The van der Waals surface area contributed by atoms with E-state index in [4.69, 9.17) is 4.74 Å². The number of ether oxygens (including phenoxy) is 1. The van der Waals surface area contributed by atoms with Crippen LogP contribution in [-0.4, -0.2) is 44.8 Å². The minimum absolute atomic E-state index is 0.0324. The van der Waals surface area contributed by atoms with E-state index in [1.165, 1.54) is 12.0 Å². The molecule has 2 amide bonds. The minimum Gasteiger partial charge on any atom is -0.468 e. The first kappa shape index (κ1) is 27.4. The number of anilines is 1. The molecule has 4 aliphatic carbocycles. The van der Waals surface area contributed by atoms with Crippen LogP contribution < -0.4 is 10.2 Å². The fourth-order valence-electron chi connectivity index (χ4n) is 11.7. The number of nitrogens with zero attached hydrogens (tertiary/aromatic N) is 1. The van der Waals surface area contributed by atoms with E-state index in [1.54, 1.807) is 0 Å². The Morgan fingerprint density at radius 2 is 1.53 bits per heavy atom. The van der Waals surface area contributed by atoms with Gasteiger partial charge in [0.15, 0.2) is 0 Å². The molecule has 2 aromatic rings. The predicted molar refractivity (Wildman–Crippen MR) is 163 cm³/mol. The minimum atomic E-state index is -1.75. The number of fused-ring (bicyclic) bond motifs is 7. The van der Waals surface area contributed by atoms with Crippen molar-refractivity contribution in [1.29, 1.82) is 0 Å². The first-order chi connectivity index (χ1) is 20.6. The molecule has 0 radical (unpaired) electrons. The van der Waals surface area contributed by atoms with Crippen molar-refractivity contribution in [3.8, 4) is 0 Å². The second-order valence-corrected chi connectivity index (χ2v) is 20.7. The molecule has 224 valence electrons. The topological polar surface area (TPSA) is 92.8 Å². The molecule has 2 aromatic carbocycles. The summed E-state index contributed by atoms with van der Waals surface area (Å²) < 4.78 is 5.43. The van der Waals surface area contributed by atoms with Gasteiger partial charge in [-0.3, -0.25) is 29.4 Å². The summed E-state index contributed by atoms with van der Waals surface area (Å²) in [5, 5.41) is 3.69. The summed E-state index contributed by atoms with van der Waals surface area (Å²) >= 11 is 0. The van der Waals surface area contributed by atoms with E-state index in [1.807, 2.05) is 48.5 Å². The number of para-hydroxylation sites is 1. The zero-order valence-electron chi connectivity index (χ0n) is 25.3. The first-order valence-corrected chi connectivity index (χ1v) is 19.5. The lowest BCUT2D eigenvalue weighted by Gasteiger charge is -2.58. The molecule has 7 nitrogen and oxygen atoms in total. The molecule has 2 heterocycles. The number of methoxy groups -OCH3 is 1. The quantitative estimate of drug-likeness (QED) is 0.303. The van der Waals surface area contributed by atoms with Gasteiger partial charge in [-0.15, -0.1) is 0 Å². The smallest absolute Gasteiger partial charge is 0.323 e. The predicted octanol–water partition coefficient (Wildman–Crippen LogP) is 5.01. The van der Waals surface area contributed by atoms with E-state index >= 15 is 0 Å². The standard InChI is InChI=1S/C35H40N2O5Si/c1-42-33(41)29-28-25-24(26-27(25)32(40)37(31(26)39)20-13-9-6-10-14-20)21-17-34(18-22(21)43(2,3)4)16-15-23(38)35(28,34)30(36-29)19-11-7-5-8-12-19/h5-14,21-22,24-30,36H,15-18H2,1-4H3. The number of Topliss-reactive ketones (excluding diaryl/α,β-unsaturated/α-hetero) is 1. The van der Waals surface area contributed by atoms with Crippen molar-refractivity contribution in [2.45, 2.75) is 62.9 Å². The molecule has 6 aliphatic rings. The first-order valence-electron chi connectivity index (χ1n) is 15.9. The van der Waals surface area contributed by atoms with Crippen LogP contribution in [0.5, 0.6) is 0 Å². The molecular weight excluding hydrogens is 556 g/mol. The average Bonchev–Trinajstić information content (AvgIpc) is 3.66. The van der Waals surface area contributed by atoms with Crippen molar-refractivity contribution in [2.24, 2.45) is 46.3 Å². The zero-order valence-corrected chi connectivity index (χ0v) is 26.3. The van der Waals surface area contributed by atoms with E-state index in [-0.39, 0.29) is 52.8 Å². The molecular formula is C35H40N2O5Si. The normalized spacial score (nSPS) is 42.6. The van der Waals surface area contributed by atoms with E-state index in [9.17, 15) is 19.2 Å². The molecule has 0 aromatic heterocycles. The third-order valence-electron chi connectivity index (χ3n) is 12.9. The van der Waals surface area contributed by atoms with Crippen molar-refractivity contribution in [2.75, 3.05) is 12.0 Å². The van der Waals surface area contributed by atoms with Crippen LogP contribution in [-0.2, 0) is 23.9 Å². The number of imide groups is 1. The molecule has 1 N–H and O–H groups in total. The van der Waals surface area contributed by atoms with Gasteiger partial charge in [-0.25, -0.2) is 0 Å². The van der Waals surface area contributed by atoms with Crippen LogP contribution in [0, 0.1) is 46.3 Å².